The Hall–Kier alpha value is -1.40. The predicted molar refractivity (Wildman–Crippen MR) is 65.4 cm³/mol. The van der Waals surface area contributed by atoms with Crippen LogP contribution in [0.5, 0.6) is 0 Å². The number of aryl methyl sites for hydroxylation is 1. The van der Waals surface area contributed by atoms with E-state index < -0.39 is 5.97 Å². The molecule has 0 spiro atoms. The van der Waals surface area contributed by atoms with Gasteiger partial charge in [-0.15, -0.1) is 11.3 Å². The van der Waals surface area contributed by atoms with Gasteiger partial charge >= 0.3 is 5.97 Å². The van der Waals surface area contributed by atoms with E-state index in [0.717, 1.165) is 6.54 Å². The molecule has 0 bridgehead atoms. The topological polar surface area (TPSA) is 57.0 Å². The van der Waals surface area contributed by atoms with Gasteiger partial charge in [0.25, 0.3) is 0 Å². The van der Waals surface area contributed by atoms with Crippen LogP contribution in [0.2, 0.25) is 5.15 Å². The van der Waals surface area contributed by atoms with Crippen LogP contribution in [0.15, 0.2) is 12.4 Å². The van der Waals surface area contributed by atoms with E-state index in [-0.39, 0.29) is 5.15 Å². The average molecular weight is 272 g/mol. The number of hydrogen-bond acceptors (Lipinski definition) is 5. The van der Waals surface area contributed by atoms with Crippen molar-refractivity contribution in [1.82, 2.24) is 14.5 Å². The first-order valence-electron chi connectivity index (χ1n) is 4.93. The van der Waals surface area contributed by atoms with Crippen molar-refractivity contribution in [2.45, 2.75) is 13.5 Å². The summed E-state index contributed by atoms with van der Waals surface area (Å²) in [6, 6.07) is 0. The first-order chi connectivity index (χ1) is 8.17. The quantitative estimate of drug-likeness (QED) is 0.805. The minimum atomic E-state index is -0.478. The number of methoxy groups -OCH3 is 1. The fourth-order valence-electron chi connectivity index (χ4n) is 1.38. The average Bonchev–Trinajstić information content (AvgIpc) is 2.93. The Balaban J connectivity index is 2.44. The zero-order chi connectivity index (χ0) is 12.4. The van der Waals surface area contributed by atoms with Crippen LogP contribution >= 0.6 is 22.9 Å². The van der Waals surface area contributed by atoms with Crippen molar-refractivity contribution in [2.24, 2.45) is 0 Å². The van der Waals surface area contributed by atoms with Gasteiger partial charge in [0.1, 0.15) is 0 Å². The van der Waals surface area contributed by atoms with Gasteiger partial charge in [0.05, 0.1) is 7.11 Å². The summed E-state index contributed by atoms with van der Waals surface area (Å²) in [7, 11) is 1.31. The van der Waals surface area contributed by atoms with Gasteiger partial charge in [-0.05, 0) is 6.92 Å². The summed E-state index contributed by atoms with van der Waals surface area (Å²) < 4.78 is 6.55. The molecule has 2 aromatic heterocycles. The summed E-state index contributed by atoms with van der Waals surface area (Å²) in [6.45, 7) is 2.78. The maximum atomic E-state index is 11.4. The van der Waals surface area contributed by atoms with E-state index in [1.807, 2.05) is 17.7 Å². The van der Waals surface area contributed by atoms with E-state index in [0.29, 0.717) is 15.7 Å². The van der Waals surface area contributed by atoms with Crippen molar-refractivity contribution in [3.8, 4) is 10.8 Å². The number of imidazole rings is 1. The van der Waals surface area contributed by atoms with Crippen LogP contribution < -0.4 is 0 Å². The number of carbonyl (C=O) groups is 1. The molecule has 0 aliphatic heterocycles. The number of carbonyl (C=O) groups excluding carboxylic acids is 1. The summed E-state index contributed by atoms with van der Waals surface area (Å²) in [4.78, 5) is 20.0. The highest BCUT2D eigenvalue weighted by Crippen LogP contribution is 2.30. The second-order valence-electron chi connectivity index (χ2n) is 3.17. The number of thiazole rings is 1. The van der Waals surface area contributed by atoms with Crippen LogP contribution in [0.4, 0.5) is 0 Å². The maximum Gasteiger partial charge on any atom is 0.351 e. The number of hydrogen-bond donors (Lipinski definition) is 0. The van der Waals surface area contributed by atoms with Crippen LogP contribution in [-0.4, -0.2) is 27.6 Å². The summed E-state index contributed by atoms with van der Waals surface area (Å²) in [5.41, 5.74) is 0. The van der Waals surface area contributed by atoms with Gasteiger partial charge in [-0.1, -0.05) is 11.6 Å². The third kappa shape index (κ3) is 2.18. The third-order valence-corrected chi connectivity index (χ3v) is 3.62. The van der Waals surface area contributed by atoms with Crippen molar-refractivity contribution in [3.63, 3.8) is 0 Å². The van der Waals surface area contributed by atoms with Crippen molar-refractivity contribution in [1.29, 1.82) is 0 Å². The highest BCUT2D eigenvalue weighted by molar-refractivity contribution is 7.17. The first-order valence-corrected chi connectivity index (χ1v) is 6.13. The second-order valence-corrected chi connectivity index (χ2v) is 4.52. The normalized spacial score (nSPS) is 10.5. The molecule has 0 aliphatic carbocycles. The number of ether oxygens (including phenoxy) is 1. The van der Waals surface area contributed by atoms with Gasteiger partial charge in [0, 0.05) is 18.9 Å². The van der Waals surface area contributed by atoms with Gasteiger partial charge < -0.3 is 9.30 Å². The molecule has 2 heterocycles. The molecule has 0 saturated heterocycles. The van der Waals surface area contributed by atoms with E-state index in [9.17, 15) is 4.79 Å². The lowest BCUT2D eigenvalue weighted by Crippen LogP contribution is -1.98. The summed E-state index contributed by atoms with van der Waals surface area (Å²) in [6.07, 6.45) is 3.54. The van der Waals surface area contributed by atoms with Crippen LogP contribution in [0.25, 0.3) is 10.8 Å². The first kappa shape index (κ1) is 12.1. The highest BCUT2D eigenvalue weighted by atomic mass is 35.5. The van der Waals surface area contributed by atoms with Gasteiger partial charge in [-0.2, -0.15) is 0 Å². The van der Waals surface area contributed by atoms with Crippen molar-refractivity contribution in [3.05, 3.63) is 22.4 Å². The molecular formula is C10H10ClN3O2S. The molecule has 90 valence electrons. The van der Waals surface area contributed by atoms with E-state index in [1.165, 1.54) is 18.4 Å². The van der Waals surface area contributed by atoms with E-state index in [1.54, 1.807) is 6.20 Å². The molecule has 5 nitrogen and oxygen atoms in total. The van der Waals surface area contributed by atoms with Crippen molar-refractivity contribution >= 4 is 28.9 Å². The monoisotopic (exact) mass is 271 g/mol. The molecule has 2 rings (SSSR count). The molecule has 0 unspecified atom stereocenters. The smallest absolute Gasteiger partial charge is 0.351 e. The molecule has 0 aliphatic rings. The van der Waals surface area contributed by atoms with E-state index >= 15 is 0 Å². The Morgan fingerprint density at radius 2 is 2.41 bits per heavy atom. The predicted octanol–water partition coefficient (Wildman–Crippen LogP) is 2.47. The molecule has 7 heteroatoms. The minimum Gasteiger partial charge on any atom is -0.465 e. The lowest BCUT2D eigenvalue weighted by molar-refractivity contribution is 0.0606. The molecule has 17 heavy (non-hydrogen) atoms. The Kier molecular flexibility index (Phi) is 3.44. The largest absolute Gasteiger partial charge is 0.465 e. The van der Waals surface area contributed by atoms with Gasteiger partial charge in [-0.25, -0.2) is 14.8 Å². The minimum absolute atomic E-state index is 0.155. The Morgan fingerprint density at radius 3 is 3.06 bits per heavy atom. The lowest BCUT2D eigenvalue weighted by atomic mass is 10.5. The maximum absolute atomic E-state index is 11.4. The number of rotatable bonds is 3. The zero-order valence-corrected chi connectivity index (χ0v) is 10.9. The van der Waals surface area contributed by atoms with Crippen LogP contribution in [0.1, 0.15) is 16.6 Å². The Labute approximate surface area is 107 Å². The number of halogens is 1. The molecule has 0 aromatic carbocycles. The molecule has 0 N–H and O–H groups in total. The van der Waals surface area contributed by atoms with Crippen LogP contribution in [0.3, 0.4) is 0 Å². The molecule has 0 fully saturated rings. The standard InChI is InChI=1S/C10H10ClN3O2S/c1-3-14-5-4-12-8(14)9-13-7(11)6(17-9)10(15)16-2/h4-5H,3H2,1-2H3. The Morgan fingerprint density at radius 1 is 1.65 bits per heavy atom. The van der Waals surface area contributed by atoms with Gasteiger partial charge in [0.2, 0.25) is 0 Å². The van der Waals surface area contributed by atoms with Gasteiger partial charge in [0.15, 0.2) is 20.9 Å². The number of nitrogens with zero attached hydrogens (tertiary/aromatic N) is 3. The SMILES string of the molecule is CCn1ccnc1-c1nc(Cl)c(C(=O)OC)s1. The number of aromatic nitrogens is 3. The molecular weight excluding hydrogens is 262 g/mol. The summed E-state index contributed by atoms with van der Waals surface area (Å²) >= 11 is 7.07. The molecule has 0 saturated carbocycles. The van der Waals surface area contributed by atoms with Crippen molar-refractivity contribution in [2.75, 3.05) is 7.11 Å². The lowest BCUT2D eigenvalue weighted by Gasteiger charge is -1.99. The van der Waals surface area contributed by atoms with E-state index in [4.69, 9.17) is 11.6 Å². The third-order valence-electron chi connectivity index (χ3n) is 2.20. The van der Waals surface area contributed by atoms with E-state index in [2.05, 4.69) is 14.7 Å². The molecule has 2 aromatic rings. The summed E-state index contributed by atoms with van der Waals surface area (Å²) in [5.74, 6) is 0.225. The van der Waals surface area contributed by atoms with Crippen LogP contribution in [-0.2, 0) is 11.3 Å². The van der Waals surface area contributed by atoms with Crippen LogP contribution in [0, 0.1) is 0 Å². The fourth-order valence-corrected chi connectivity index (χ4v) is 2.59. The number of esters is 1. The van der Waals surface area contributed by atoms with Crippen molar-refractivity contribution < 1.29 is 9.53 Å². The Bertz CT molecular complexity index is 549. The second kappa shape index (κ2) is 4.85. The molecule has 0 radical (unpaired) electrons. The molecule has 0 amide bonds. The highest BCUT2D eigenvalue weighted by Gasteiger charge is 2.20. The zero-order valence-electron chi connectivity index (χ0n) is 9.31. The van der Waals surface area contributed by atoms with Gasteiger partial charge in [-0.3, -0.25) is 0 Å². The summed E-state index contributed by atoms with van der Waals surface area (Å²) in [5, 5.41) is 0.768. The fraction of sp³-hybridized carbons (Fsp3) is 0.300. The molecule has 0 atom stereocenters.